The van der Waals surface area contributed by atoms with E-state index in [4.69, 9.17) is 9.47 Å². The summed E-state index contributed by atoms with van der Waals surface area (Å²) in [6.07, 6.45) is -6.07. The van der Waals surface area contributed by atoms with Crippen molar-refractivity contribution in [1.29, 1.82) is 0 Å². The van der Waals surface area contributed by atoms with Crippen LogP contribution in [-0.2, 0) is 19.1 Å². The molecule has 9 nitrogen and oxygen atoms in total. The molecule has 5 aliphatic rings. The van der Waals surface area contributed by atoms with Gasteiger partial charge in [-0.15, -0.1) is 0 Å². The predicted molar refractivity (Wildman–Crippen MR) is 94.1 cm³/mol. The average Bonchev–Trinajstić information content (AvgIpc) is 2.85. The van der Waals surface area contributed by atoms with Crippen molar-refractivity contribution in [2.24, 2.45) is 22.7 Å². The molecule has 29 heavy (non-hydrogen) atoms. The van der Waals surface area contributed by atoms with Crippen molar-refractivity contribution in [1.82, 2.24) is 0 Å². The number of carbonyl (C=O) groups excluding carboxylic acids is 2. The molecule has 0 amide bonds. The molecule has 5 N–H and O–H groups in total. The van der Waals surface area contributed by atoms with Crippen LogP contribution in [-0.4, -0.2) is 85.6 Å². The first-order chi connectivity index (χ1) is 13.4. The summed E-state index contributed by atoms with van der Waals surface area (Å²) in [6.45, 7) is 4.52. The van der Waals surface area contributed by atoms with Gasteiger partial charge in [-0.3, -0.25) is 4.79 Å². The Morgan fingerprint density at radius 1 is 1.10 bits per heavy atom. The molecule has 5 rings (SSSR count). The van der Waals surface area contributed by atoms with Crippen LogP contribution in [0.25, 0.3) is 0 Å². The number of aliphatic hydroxyl groups excluding tert-OH is 4. The van der Waals surface area contributed by atoms with Crippen LogP contribution in [0, 0.1) is 22.7 Å². The summed E-state index contributed by atoms with van der Waals surface area (Å²) in [5.74, 6) is -3.08. The van der Waals surface area contributed by atoms with Gasteiger partial charge in [0.15, 0.2) is 11.9 Å². The largest absolute Gasteiger partial charge is 0.460 e. The molecular weight excluding hydrogens is 384 g/mol. The van der Waals surface area contributed by atoms with Gasteiger partial charge in [-0.05, 0) is 32.3 Å². The molecule has 2 saturated carbocycles. The van der Waals surface area contributed by atoms with E-state index in [9.17, 15) is 35.1 Å². The standard InChI is InChI=1S/C20H26O9/c1-7-4-9(21)13(23)17(2)8(7)5-10-19-6-28-18(3,14(24)11(22)12(17)19)20(19,27)15(25)16(26)29-10/h4,8,10-15,22-25,27H,5-6H2,1-3H3/t8?,10-,11?,12?,13?,14?,15+,17?,18-,19-,20-/m1/s1. The smallest absolute Gasteiger partial charge is 0.338 e. The summed E-state index contributed by atoms with van der Waals surface area (Å²) in [4.78, 5) is 25.0. The molecule has 2 heterocycles. The molecule has 0 aromatic carbocycles. The normalized spacial score (nSPS) is 60.8. The van der Waals surface area contributed by atoms with Crippen molar-refractivity contribution in [2.75, 3.05) is 6.61 Å². The molecule has 0 aromatic heterocycles. The summed E-state index contributed by atoms with van der Waals surface area (Å²) >= 11 is 0. The predicted octanol–water partition coefficient (Wildman–Crippen LogP) is -1.95. The van der Waals surface area contributed by atoms with E-state index in [1.807, 2.05) is 0 Å². The average molecular weight is 410 g/mol. The van der Waals surface area contributed by atoms with Gasteiger partial charge in [-0.1, -0.05) is 12.5 Å². The zero-order valence-corrected chi connectivity index (χ0v) is 16.4. The zero-order valence-electron chi connectivity index (χ0n) is 16.4. The van der Waals surface area contributed by atoms with Crippen LogP contribution in [0.4, 0.5) is 0 Å². The molecule has 4 fully saturated rings. The van der Waals surface area contributed by atoms with Crippen molar-refractivity contribution < 1.29 is 44.6 Å². The van der Waals surface area contributed by atoms with Crippen molar-refractivity contribution >= 4 is 11.8 Å². The lowest BCUT2D eigenvalue weighted by atomic mass is 9.36. The number of hydrogen-bond donors (Lipinski definition) is 5. The third-order valence-corrected chi connectivity index (χ3v) is 8.96. The van der Waals surface area contributed by atoms with E-state index < -0.39 is 76.1 Å². The Balaban J connectivity index is 1.83. The van der Waals surface area contributed by atoms with E-state index in [-0.39, 0.29) is 13.0 Å². The van der Waals surface area contributed by atoms with Gasteiger partial charge in [0.05, 0.1) is 18.1 Å². The van der Waals surface area contributed by atoms with Crippen molar-refractivity contribution in [3.63, 3.8) is 0 Å². The first-order valence-corrected chi connectivity index (χ1v) is 9.90. The Labute approximate surface area is 166 Å². The number of hydrogen-bond acceptors (Lipinski definition) is 9. The lowest BCUT2D eigenvalue weighted by Crippen LogP contribution is -2.86. The molecule has 2 bridgehead atoms. The zero-order chi connectivity index (χ0) is 21.3. The fourth-order valence-electron chi connectivity index (χ4n) is 7.56. The Hall–Kier alpha value is -1.36. The maximum absolute atomic E-state index is 12.5. The van der Waals surface area contributed by atoms with E-state index in [0.29, 0.717) is 5.57 Å². The van der Waals surface area contributed by atoms with E-state index in [2.05, 4.69) is 0 Å². The number of rotatable bonds is 0. The Bertz CT molecular complexity index is 855. The number of ether oxygens (including phenoxy) is 2. The first kappa shape index (κ1) is 19.6. The Morgan fingerprint density at radius 2 is 1.76 bits per heavy atom. The topological polar surface area (TPSA) is 154 Å². The highest BCUT2D eigenvalue weighted by molar-refractivity contribution is 5.96. The second-order valence-corrected chi connectivity index (χ2v) is 9.79. The summed E-state index contributed by atoms with van der Waals surface area (Å²) < 4.78 is 11.4. The quantitative estimate of drug-likeness (QED) is 0.287. The van der Waals surface area contributed by atoms with Crippen molar-refractivity contribution in [2.45, 2.75) is 68.9 Å². The van der Waals surface area contributed by atoms with Gasteiger partial charge in [0.1, 0.15) is 29.5 Å². The van der Waals surface area contributed by atoms with Gasteiger partial charge < -0.3 is 35.0 Å². The molecule has 160 valence electrons. The van der Waals surface area contributed by atoms with Crippen molar-refractivity contribution in [3.05, 3.63) is 11.6 Å². The third kappa shape index (κ3) is 1.70. The van der Waals surface area contributed by atoms with Crippen molar-refractivity contribution in [3.8, 4) is 0 Å². The van der Waals surface area contributed by atoms with Gasteiger partial charge in [-0.2, -0.15) is 0 Å². The van der Waals surface area contributed by atoms with Crippen LogP contribution in [0.1, 0.15) is 27.2 Å². The number of ketones is 1. The second kappa shape index (κ2) is 5.27. The summed E-state index contributed by atoms with van der Waals surface area (Å²) in [6, 6.07) is 0. The minimum atomic E-state index is -2.27. The van der Waals surface area contributed by atoms with Gasteiger partial charge in [0, 0.05) is 11.3 Å². The third-order valence-electron chi connectivity index (χ3n) is 8.96. The lowest BCUT2D eigenvalue weighted by molar-refractivity contribution is -0.351. The van der Waals surface area contributed by atoms with Crippen LogP contribution < -0.4 is 0 Å². The number of carbonyl (C=O) groups is 2. The van der Waals surface area contributed by atoms with E-state index in [0.717, 1.165) is 0 Å². The van der Waals surface area contributed by atoms with E-state index in [1.54, 1.807) is 13.8 Å². The highest BCUT2D eigenvalue weighted by Gasteiger charge is 2.88. The molecule has 0 radical (unpaired) electrons. The summed E-state index contributed by atoms with van der Waals surface area (Å²) in [7, 11) is 0. The summed E-state index contributed by atoms with van der Waals surface area (Å²) in [5, 5.41) is 55.8. The number of esters is 1. The monoisotopic (exact) mass is 410 g/mol. The molecule has 11 atom stereocenters. The fraction of sp³-hybridized carbons (Fsp3) is 0.800. The molecule has 1 spiro atoms. The van der Waals surface area contributed by atoms with Gasteiger partial charge in [-0.25, -0.2) is 4.79 Å². The maximum atomic E-state index is 12.5. The molecule has 9 heteroatoms. The molecule has 2 aliphatic heterocycles. The number of fused-ring (bicyclic) bond motifs is 2. The van der Waals surface area contributed by atoms with Gasteiger partial charge >= 0.3 is 5.97 Å². The Morgan fingerprint density at radius 3 is 2.41 bits per heavy atom. The van der Waals surface area contributed by atoms with E-state index >= 15 is 0 Å². The van der Waals surface area contributed by atoms with Crippen LogP contribution in [0.5, 0.6) is 0 Å². The number of aliphatic hydroxyl groups is 5. The van der Waals surface area contributed by atoms with Crippen LogP contribution >= 0.6 is 0 Å². The molecular formula is C20H26O9. The van der Waals surface area contributed by atoms with Crippen LogP contribution in [0.15, 0.2) is 11.6 Å². The fourth-order valence-corrected chi connectivity index (χ4v) is 7.56. The summed E-state index contributed by atoms with van der Waals surface area (Å²) in [5.41, 5.74) is -6.22. The first-order valence-electron chi connectivity index (χ1n) is 9.90. The molecule has 6 unspecified atom stereocenters. The maximum Gasteiger partial charge on any atom is 0.338 e. The lowest BCUT2D eigenvalue weighted by Gasteiger charge is -2.70. The molecule has 0 aromatic rings. The minimum absolute atomic E-state index is 0.183. The van der Waals surface area contributed by atoms with E-state index in [1.165, 1.54) is 13.0 Å². The van der Waals surface area contributed by atoms with Gasteiger partial charge in [0.25, 0.3) is 0 Å². The minimum Gasteiger partial charge on any atom is -0.460 e. The van der Waals surface area contributed by atoms with Crippen LogP contribution in [0.2, 0.25) is 0 Å². The molecule has 2 saturated heterocycles. The second-order valence-electron chi connectivity index (χ2n) is 9.79. The SMILES string of the molecule is CC1=CC(=O)C(O)C2(C)C1C[C@H]1OC(=O)[C@H](O)[C@]3(O)[C@]14CO[C@]3(C)C(O)C(O)C24. The molecule has 3 aliphatic carbocycles. The highest BCUT2D eigenvalue weighted by atomic mass is 16.6. The highest BCUT2D eigenvalue weighted by Crippen LogP contribution is 2.73. The Kier molecular flexibility index (Phi) is 3.56. The van der Waals surface area contributed by atoms with Crippen LogP contribution in [0.3, 0.4) is 0 Å². The van der Waals surface area contributed by atoms with Gasteiger partial charge in [0.2, 0.25) is 0 Å². The number of allylic oxidation sites excluding steroid dienone is 1.